The molecule has 2 aromatic rings. The van der Waals surface area contributed by atoms with Crippen molar-refractivity contribution in [3.63, 3.8) is 0 Å². The van der Waals surface area contributed by atoms with Crippen LogP contribution in [-0.2, 0) is 0 Å². The molecule has 0 aliphatic heterocycles. The number of hydrogen-bond acceptors (Lipinski definition) is 4. The molecule has 1 heterocycles. The van der Waals surface area contributed by atoms with E-state index in [1.807, 2.05) is 5.38 Å². The van der Waals surface area contributed by atoms with Crippen molar-refractivity contribution in [2.24, 2.45) is 0 Å². The normalized spacial score (nSPS) is 9.33. The summed E-state index contributed by atoms with van der Waals surface area (Å²) in [5.41, 5.74) is 3.70. The second kappa shape index (κ2) is 5.13. The summed E-state index contributed by atoms with van der Waals surface area (Å²) in [6, 6.07) is 6.48. The molecule has 15 heavy (non-hydrogen) atoms. The number of carbonyl (C=O) groups excluding carboxylic acids is 1. The largest absolute Gasteiger partial charge is 1.00 e. The van der Waals surface area contributed by atoms with Gasteiger partial charge in [-0.25, -0.2) is 4.98 Å². The van der Waals surface area contributed by atoms with Gasteiger partial charge in [-0.05, 0) is 5.56 Å². The molecule has 0 amide bonds. The average Bonchev–Trinajstić information content (AvgIpc) is 2.71. The van der Waals surface area contributed by atoms with E-state index in [-0.39, 0.29) is 24.4 Å². The second-order valence-corrected chi connectivity index (χ2v) is 3.46. The van der Waals surface area contributed by atoms with Gasteiger partial charge in [0.2, 0.25) is 0 Å². The van der Waals surface area contributed by atoms with Crippen LogP contribution in [0.15, 0.2) is 35.2 Å². The first-order valence-electron chi connectivity index (χ1n) is 3.97. The Morgan fingerprint density at radius 3 is 2.40 bits per heavy atom. The minimum Gasteiger partial charge on any atom is -0.545 e. The van der Waals surface area contributed by atoms with Crippen LogP contribution in [0.5, 0.6) is 0 Å². The number of thiazole rings is 1. The van der Waals surface area contributed by atoms with Crippen molar-refractivity contribution in [1.29, 1.82) is 0 Å². The van der Waals surface area contributed by atoms with Crippen LogP contribution in [0.3, 0.4) is 0 Å². The predicted octanol–water partition coefficient (Wildman–Crippen LogP) is -1.82. The summed E-state index contributed by atoms with van der Waals surface area (Å²) in [7, 11) is 0. The van der Waals surface area contributed by atoms with Gasteiger partial charge in [-0.15, -0.1) is 11.3 Å². The monoisotopic (exact) mass is 211 g/mol. The van der Waals surface area contributed by atoms with Crippen molar-refractivity contribution >= 4 is 17.3 Å². The molecule has 0 aliphatic carbocycles. The van der Waals surface area contributed by atoms with Crippen LogP contribution in [0.4, 0.5) is 0 Å². The molecule has 0 N–H and O–H groups in total. The molecule has 0 saturated carbocycles. The van der Waals surface area contributed by atoms with Crippen molar-refractivity contribution in [3.05, 3.63) is 40.7 Å². The van der Waals surface area contributed by atoms with Crippen LogP contribution in [0.25, 0.3) is 11.3 Å². The summed E-state index contributed by atoms with van der Waals surface area (Å²) >= 11 is 1.51. The minimum absolute atomic E-state index is 0. The Labute approximate surface area is 103 Å². The number of hydrogen-bond donors (Lipinski definition) is 0. The maximum Gasteiger partial charge on any atom is 1.00 e. The third-order valence-corrected chi connectivity index (χ3v) is 2.44. The first-order valence-corrected chi connectivity index (χ1v) is 4.91. The van der Waals surface area contributed by atoms with E-state index < -0.39 is 5.97 Å². The Morgan fingerprint density at radius 2 is 1.93 bits per heavy atom. The van der Waals surface area contributed by atoms with Gasteiger partial charge in [0.15, 0.2) is 0 Å². The summed E-state index contributed by atoms with van der Waals surface area (Å²) in [5.74, 6) is -1.16. The average molecular weight is 211 g/mol. The standard InChI is InChI=1S/C10H7NO2S.Li/c12-10(13)8-3-1-7(2-4-8)9-5-14-6-11-9;/h1-6H,(H,12,13);/q;+1/p-1. The fourth-order valence-electron chi connectivity index (χ4n) is 1.13. The third kappa shape index (κ3) is 2.69. The summed E-state index contributed by atoms with van der Waals surface area (Å²) in [4.78, 5) is 14.6. The van der Waals surface area contributed by atoms with Crippen LogP contribution in [0.1, 0.15) is 10.4 Å². The summed E-state index contributed by atoms with van der Waals surface area (Å²) in [6.07, 6.45) is 0. The molecule has 0 radical (unpaired) electrons. The summed E-state index contributed by atoms with van der Waals surface area (Å²) in [5, 5.41) is 12.4. The van der Waals surface area contributed by atoms with Crippen molar-refractivity contribution in [1.82, 2.24) is 4.98 Å². The first kappa shape index (κ1) is 12.0. The SMILES string of the molecule is O=C([O-])c1ccc(-c2cscn2)cc1.[Li+]. The number of nitrogens with zero attached hydrogens (tertiary/aromatic N) is 1. The Kier molecular flexibility index (Phi) is 4.10. The van der Waals surface area contributed by atoms with Gasteiger partial charge < -0.3 is 9.90 Å². The van der Waals surface area contributed by atoms with E-state index >= 15 is 0 Å². The quantitative estimate of drug-likeness (QED) is 0.549. The Hall–Kier alpha value is -1.08. The number of carboxylic acid groups (broad SMARTS) is 1. The topological polar surface area (TPSA) is 53.0 Å². The van der Waals surface area contributed by atoms with Crippen molar-refractivity contribution in [2.75, 3.05) is 0 Å². The van der Waals surface area contributed by atoms with Crippen LogP contribution >= 0.6 is 11.3 Å². The van der Waals surface area contributed by atoms with Gasteiger partial charge in [0.1, 0.15) is 0 Å². The van der Waals surface area contributed by atoms with E-state index in [0.717, 1.165) is 11.3 Å². The predicted molar refractivity (Wildman–Crippen MR) is 51.9 cm³/mol. The molecule has 0 spiro atoms. The van der Waals surface area contributed by atoms with E-state index in [9.17, 15) is 9.90 Å². The van der Waals surface area contributed by atoms with Gasteiger partial charge in [-0.1, -0.05) is 24.3 Å². The number of carboxylic acids is 1. The molecule has 70 valence electrons. The van der Waals surface area contributed by atoms with Gasteiger partial charge >= 0.3 is 18.9 Å². The number of rotatable bonds is 2. The number of aromatic nitrogens is 1. The fraction of sp³-hybridized carbons (Fsp3) is 0. The molecule has 1 aromatic heterocycles. The summed E-state index contributed by atoms with van der Waals surface area (Å²) in [6.45, 7) is 0. The Balaban J connectivity index is 0.00000112. The molecule has 1 aromatic carbocycles. The first-order chi connectivity index (χ1) is 6.77. The fourth-order valence-corrected chi connectivity index (χ4v) is 1.69. The molecule has 0 aliphatic rings. The molecule has 2 rings (SSSR count). The van der Waals surface area contributed by atoms with Crippen LogP contribution in [-0.4, -0.2) is 11.0 Å². The third-order valence-electron chi connectivity index (χ3n) is 1.85. The van der Waals surface area contributed by atoms with Gasteiger partial charge in [-0.2, -0.15) is 0 Å². The molecular weight excluding hydrogens is 205 g/mol. The second-order valence-electron chi connectivity index (χ2n) is 2.74. The zero-order valence-corrected chi connectivity index (χ0v) is 8.95. The number of carbonyl (C=O) groups is 1. The van der Waals surface area contributed by atoms with Crippen LogP contribution < -0.4 is 24.0 Å². The minimum atomic E-state index is -1.16. The summed E-state index contributed by atoms with van der Waals surface area (Å²) < 4.78 is 0. The van der Waals surface area contributed by atoms with Crippen molar-refractivity contribution in [2.45, 2.75) is 0 Å². The van der Waals surface area contributed by atoms with Crippen LogP contribution in [0.2, 0.25) is 0 Å². The van der Waals surface area contributed by atoms with E-state index in [1.165, 1.54) is 23.5 Å². The van der Waals surface area contributed by atoms with E-state index in [1.54, 1.807) is 17.6 Å². The molecule has 3 nitrogen and oxygen atoms in total. The molecule has 0 saturated heterocycles. The smallest absolute Gasteiger partial charge is 0.545 e. The molecule has 0 atom stereocenters. The van der Waals surface area contributed by atoms with Crippen molar-refractivity contribution < 1.29 is 28.8 Å². The van der Waals surface area contributed by atoms with Crippen molar-refractivity contribution in [3.8, 4) is 11.3 Å². The molecular formula is C10H6LiNO2S. The number of aromatic carboxylic acids is 1. The maximum atomic E-state index is 10.5. The van der Waals surface area contributed by atoms with E-state index in [4.69, 9.17) is 0 Å². The van der Waals surface area contributed by atoms with Crippen LogP contribution in [0, 0.1) is 0 Å². The van der Waals surface area contributed by atoms with Gasteiger partial charge in [-0.3, -0.25) is 0 Å². The zero-order valence-electron chi connectivity index (χ0n) is 8.14. The maximum absolute atomic E-state index is 10.5. The molecule has 0 unspecified atom stereocenters. The molecule has 0 bridgehead atoms. The van der Waals surface area contributed by atoms with E-state index in [0.29, 0.717) is 0 Å². The van der Waals surface area contributed by atoms with Gasteiger partial charge in [0.25, 0.3) is 0 Å². The van der Waals surface area contributed by atoms with Gasteiger partial charge in [0, 0.05) is 10.9 Å². The molecule has 0 fully saturated rings. The van der Waals surface area contributed by atoms with Gasteiger partial charge in [0.05, 0.1) is 17.2 Å². The van der Waals surface area contributed by atoms with E-state index in [2.05, 4.69) is 4.98 Å². The Morgan fingerprint density at radius 1 is 1.27 bits per heavy atom. The Bertz CT molecular complexity index is 439. The zero-order chi connectivity index (χ0) is 9.97. The molecule has 5 heteroatoms. The number of benzene rings is 1.